The molecule has 5 aromatic rings. The van der Waals surface area contributed by atoms with E-state index in [2.05, 4.69) is 4.98 Å². The lowest BCUT2D eigenvalue weighted by Crippen LogP contribution is -2.06. The van der Waals surface area contributed by atoms with Crippen LogP contribution in [0.25, 0.3) is 27.5 Å². The van der Waals surface area contributed by atoms with Crippen LogP contribution in [0.4, 0.5) is 13.2 Å². The second-order valence-electron chi connectivity index (χ2n) is 9.65. The molecule has 0 radical (unpaired) electrons. The molecule has 0 aliphatic heterocycles. The van der Waals surface area contributed by atoms with Crippen molar-refractivity contribution in [2.75, 3.05) is 0 Å². The van der Waals surface area contributed by atoms with Gasteiger partial charge in [-0.2, -0.15) is 5.10 Å². The number of nitrogens with two attached hydrogens (primary N) is 1. The molecule has 7 nitrogen and oxygen atoms in total. The van der Waals surface area contributed by atoms with Gasteiger partial charge in [0.1, 0.15) is 28.4 Å². The maximum Gasteiger partial charge on any atom is 0.355 e. The van der Waals surface area contributed by atoms with Crippen molar-refractivity contribution >= 4 is 28.3 Å². The third-order valence-corrected chi connectivity index (χ3v) is 8.43. The Labute approximate surface area is 238 Å². The first-order chi connectivity index (χ1) is 19.7. The van der Waals surface area contributed by atoms with Gasteiger partial charge in [-0.3, -0.25) is 0 Å². The summed E-state index contributed by atoms with van der Waals surface area (Å²) in [6, 6.07) is 14.1. The summed E-state index contributed by atoms with van der Waals surface area (Å²) in [5.74, 6) is -2.63. The molecule has 1 saturated carbocycles. The van der Waals surface area contributed by atoms with Crippen molar-refractivity contribution < 1.29 is 27.3 Å². The van der Waals surface area contributed by atoms with Crippen LogP contribution in [0, 0.1) is 17.5 Å². The van der Waals surface area contributed by atoms with Gasteiger partial charge in [-0.25, -0.2) is 37.0 Å². The van der Waals surface area contributed by atoms with E-state index in [1.807, 2.05) is 0 Å². The zero-order chi connectivity index (χ0) is 28.8. The number of carbonyl (C=O) groups is 1. The minimum atomic E-state index is -1.85. The monoisotopic (exact) mass is 594 g/mol. The van der Waals surface area contributed by atoms with Gasteiger partial charge in [0.15, 0.2) is 5.69 Å². The van der Waals surface area contributed by atoms with E-state index in [9.17, 15) is 22.9 Å². The fourth-order valence-corrected chi connectivity index (χ4v) is 5.94. The van der Waals surface area contributed by atoms with E-state index < -0.39 is 34.4 Å². The first-order valence-electron chi connectivity index (χ1n) is 12.5. The predicted octanol–water partition coefficient (Wildman–Crippen LogP) is 6.23. The highest BCUT2D eigenvalue weighted by atomic mass is 32.2. The minimum Gasteiger partial charge on any atom is -0.476 e. The van der Waals surface area contributed by atoms with Crippen LogP contribution in [0.15, 0.2) is 70.9 Å². The topological polar surface area (TPSA) is 111 Å². The third kappa shape index (κ3) is 5.33. The summed E-state index contributed by atoms with van der Waals surface area (Å²) in [5.41, 5.74) is 3.33. The Balaban J connectivity index is 1.54. The van der Waals surface area contributed by atoms with E-state index in [-0.39, 0.29) is 28.5 Å². The standard InChI is InChI=1S/C29H21F3N4O3S2/c30-19-7-3-15(4-8-19)21-12-18(6-10-23(21)31)26-22(11-17-5-9-20(41(33)39)13-24(17)32)27(16-1-2-16)36(35-26)29-34-25(14-40-29)28(37)38/h3-10,12-14,16H,1-2,11,33H2,(H,37,38). The molecule has 0 amide bonds. The van der Waals surface area contributed by atoms with Gasteiger partial charge in [-0.05, 0) is 66.4 Å². The maximum absolute atomic E-state index is 15.2. The number of aromatic nitrogens is 3. The first-order valence-corrected chi connectivity index (χ1v) is 14.6. The third-order valence-electron chi connectivity index (χ3n) is 6.90. The highest BCUT2D eigenvalue weighted by Gasteiger charge is 2.34. The van der Waals surface area contributed by atoms with Crippen LogP contribution in [0.2, 0.25) is 0 Å². The molecular weight excluding hydrogens is 573 g/mol. The molecule has 2 aromatic heterocycles. The number of carboxylic acids is 1. The second kappa shape index (κ2) is 10.7. The van der Waals surface area contributed by atoms with Crippen LogP contribution < -0.4 is 5.14 Å². The molecule has 1 aliphatic rings. The largest absolute Gasteiger partial charge is 0.476 e. The predicted molar refractivity (Wildman–Crippen MR) is 149 cm³/mol. The van der Waals surface area contributed by atoms with Crippen molar-refractivity contribution in [1.82, 2.24) is 14.8 Å². The molecule has 6 rings (SSSR count). The minimum absolute atomic E-state index is 0.0827. The van der Waals surface area contributed by atoms with Crippen molar-refractivity contribution in [2.24, 2.45) is 5.14 Å². The van der Waals surface area contributed by atoms with E-state index >= 15 is 4.39 Å². The Morgan fingerprint density at radius 1 is 1.02 bits per heavy atom. The zero-order valence-corrected chi connectivity index (χ0v) is 22.8. The molecule has 1 atom stereocenters. The van der Waals surface area contributed by atoms with Crippen molar-refractivity contribution in [3.8, 4) is 27.5 Å². The summed E-state index contributed by atoms with van der Waals surface area (Å²) in [6.07, 6.45) is 1.81. The molecule has 1 fully saturated rings. The number of benzene rings is 3. The lowest BCUT2D eigenvalue weighted by molar-refractivity contribution is 0.0691. The van der Waals surface area contributed by atoms with Gasteiger partial charge in [-0.1, -0.05) is 18.2 Å². The lowest BCUT2D eigenvalue weighted by Gasteiger charge is -2.11. The van der Waals surface area contributed by atoms with Gasteiger partial charge in [0.05, 0.1) is 16.3 Å². The molecule has 1 aliphatic carbocycles. The molecule has 0 bridgehead atoms. The SMILES string of the molecule is NS(=O)c1ccc(Cc2c(-c3ccc(F)c(-c4ccc(F)cc4)c3)nn(-c3nc(C(=O)O)cs3)c2C2CC2)c(F)c1. The summed E-state index contributed by atoms with van der Waals surface area (Å²) in [7, 11) is -1.85. The summed E-state index contributed by atoms with van der Waals surface area (Å²) in [4.78, 5) is 15.9. The van der Waals surface area contributed by atoms with Gasteiger partial charge < -0.3 is 5.11 Å². The summed E-state index contributed by atoms with van der Waals surface area (Å²) < 4.78 is 57.0. The van der Waals surface area contributed by atoms with Gasteiger partial charge in [0.25, 0.3) is 0 Å². The zero-order valence-electron chi connectivity index (χ0n) is 21.2. The Hall–Kier alpha value is -4.13. The number of hydrogen-bond acceptors (Lipinski definition) is 5. The number of hydrogen-bond donors (Lipinski definition) is 2. The Kier molecular flexibility index (Phi) is 7.06. The normalized spacial score (nSPS) is 13.9. The van der Waals surface area contributed by atoms with E-state index in [0.29, 0.717) is 33.1 Å². The smallest absolute Gasteiger partial charge is 0.355 e. The molecule has 0 spiro atoms. The van der Waals surface area contributed by atoms with Crippen LogP contribution in [0.3, 0.4) is 0 Å². The summed E-state index contributed by atoms with van der Waals surface area (Å²) in [6.45, 7) is 0. The van der Waals surface area contributed by atoms with E-state index in [1.165, 1.54) is 47.8 Å². The van der Waals surface area contributed by atoms with Crippen LogP contribution in [-0.4, -0.2) is 30.0 Å². The van der Waals surface area contributed by atoms with Crippen LogP contribution >= 0.6 is 11.3 Å². The number of rotatable bonds is 8. The van der Waals surface area contributed by atoms with Crippen LogP contribution in [0.1, 0.15) is 46.1 Å². The lowest BCUT2D eigenvalue weighted by atomic mass is 9.95. The van der Waals surface area contributed by atoms with Gasteiger partial charge >= 0.3 is 5.97 Å². The number of nitrogens with zero attached hydrogens (tertiary/aromatic N) is 3. The fourth-order valence-electron chi connectivity index (χ4n) is 4.76. The molecule has 0 saturated heterocycles. The quantitative estimate of drug-likeness (QED) is 0.221. The van der Waals surface area contributed by atoms with Crippen molar-refractivity contribution in [2.45, 2.75) is 30.1 Å². The molecule has 41 heavy (non-hydrogen) atoms. The fraction of sp³-hybridized carbons (Fsp3) is 0.138. The molecule has 3 N–H and O–H groups in total. The van der Waals surface area contributed by atoms with Gasteiger partial charge in [0.2, 0.25) is 5.13 Å². The Morgan fingerprint density at radius 3 is 2.39 bits per heavy atom. The van der Waals surface area contributed by atoms with Crippen molar-refractivity contribution in [1.29, 1.82) is 0 Å². The van der Waals surface area contributed by atoms with Gasteiger partial charge in [-0.15, -0.1) is 11.3 Å². The Bertz CT molecular complexity index is 1830. The number of aromatic carboxylic acids is 1. The number of thiazole rings is 1. The van der Waals surface area contributed by atoms with E-state index in [4.69, 9.17) is 10.2 Å². The first kappa shape index (κ1) is 27.1. The summed E-state index contributed by atoms with van der Waals surface area (Å²) in [5, 5.41) is 21.4. The van der Waals surface area contributed by atoms with Crippen molar-refractivity contribution in [3.05, 3.63) is 106 Å². The number of halogens is 3. The highest BCUT2D eigenvalue weighted by molar-refractivity contribution is 7.82. The highest BCUT2D eigenvalue weighted by Crippen LogP contribution is 2.46. The van der Waals surface area contributed by atoms with Crippen molar-refractivity contribution in [3.63, 3.8) is 0 Å². The van der Waals surface area contributed by atoms with E-state index in [1.54, 1.807) is 16.8 Å². The van der Waals surface area contributed by atoms with E-state index in [0.717, 1.165) is 35.9 Å². The maximum atomic E-state index is 15.2. The van der Waals surface area contributed by atoms with Gasteiger partial charge in [0, 0.05) is 34.4 Å². The number of carboxylic acid groups (broad SMARTS) is 1. The molecule has 2 heterocycles. The summed E-state index contributed by atoms with van der Waals surface area (Å²) >= 11 is 1.12. The second-order valence-corrected chi connectivity index (χ2v) is 11.6. The average molecular weight is 595 g/mol. The Morgan fingerprint density at radius 2 is 1.76 bits per heavy atom. The molecular formula is C29H21F3N4O3S2. The molecule has 208 valence electrons. The van der Waals surface area contributed by atoms with Crippen LogP contribution in [0.5, 0.6) is 0 Å². The molecule has 3 aromatic carbocycles. The average Bonchev–Trinajstić information content (AvgIpc) is 3.53. The molecule has 12 heteroatoms. The van der Waals surface area contributed by atoms with Crippen LogP contribution in [-0.2, 0) is 17.4 Å². The molecule has 1 unspecified atom stereocenters.